The van der Waals surface area contributed by atoms with E-state index >= 15 is 0 Å². The molecule has 190 valence electrons. The van der Waals surface area contributed by atoms with Gasteiger partial charge in [0.1, 0.15) is 0 Å². The minimum atomic E-state index is -4.45. The number of hydrogen-bond donors (Lipinski definition) is 0. The second-order valence-electron chi connectivity index (χ2n) is 10.3. The van der Waals surface area contributed by atoms with Gasteiger partial charge in [-0.2, -0.15) is 13.2 Å². The van der Waals surface area contributed by atoms with Crippen LogP contribution in [-0.2, 0) is 11.6 Å². The topological polar surface area (TPSA) is 37.4 Å². The Morgan fingerprint density at radius 2 is 1.34 bits per heavy atom. The van der Waals surface area contributed by atoms with Gasteiger partial charge in [0, 0.05) is 34.5 Å². The quantitative estimate of drug-likeness (QED) is 0.201. The highest BCUT2D eigenvalue weighted by atomic mass is 19.4. The van der Waals surface area contributed by atoms with E-state index in [-0.39, 0.29) is 17.1 Å². The van der Waals surface area contributed by atoms with Crippen molar-refractivity contribution in [1.82, 2.24) is 0 Å². The molecule has 0 spiro atoms. The third-order valence-electron chi connectivity index (χ3n) is 7.76. The zero-order chi connectivity index (χ0) is 27.0. The second-order valence-corrected chi connectivity index (χ2v) is 10.3. The van der Waals surface area contributed by atoms with Crippen molar-refractivity contribution in [1.29, 1.82) is 0 Å². The first-order valence-electron chi connectivity index (χ1n) is 12.5. The van der Waals surface area contributed by atoms with E-state index in [1.54, 1.807) is 24.3 Å². The highest BCUT2D eigenvalue weighted by molar-refractivity contribution is 6.42. The predicted octanol–water partition coefficient (Wildman–Crippen LogP) is 8.12. The summed E-state index contributed by atoms with van der Waals surface area (Å²) in [5.41, 5.74) is 3.16. The van der Waals surface area contributed by atoms with Gasteiger partial charge in [-0.05, 0) is 82.9 Å². The van der Waals surface area contributed by atoms with Crippen LogP contribution in [0.2, 0.25) is 0 Å². The maximum absolute atomic E-state index is 13.6. The summed E-state index contributed by atoms with van der Waals surface area (Å²) in [6.45, 7) is 6.34. The van der Waals surface area contributed by atoms with Crippen molar-refractivity contribution >= 4 is 39.8 Å². The van der Waals surface area contributed by atoms with Crippen molar-refractivity contribution < 1.29 is 22.8 Å². The number of allylic oxidation sites excluding steroid dienone is 1. The summed E-state index contributed by atoms with van der Waals surface area (Å²) < 4.78 is 40.7. The number of Topliss-reactive ketones (excluding diaryl/α,β-unsaturated/α-hetero) is 2. The van der Waals surface area contributed by atoms with E-state index in [0.717, 1.165) is 33.8 Å². The highest BCUT2D eigenvalue weighted by Crippen LogP contribution is 2.50. The summed E-state index contributed by atoms with van der Waals surface area (Å²) in [6.07, 6.45) is -2.85. The zero-order valence-corrected chi connectivity index (χ0v) is 21.1. The summed E-state index contributed by atoms with van der Waals surface area (Å²) >= 11 is 0. The molecule has 0 amide bonds. The van der Waals surface area contributed by atoms with Crippen molar-refractivity contribution in [3.63, 3.8) is 0 Å². The summed E-state index contributed by atoms with van der Waals surface area (Å²) in [6, 6.07) is 20.6. The van der Waals surface area contributed by atoms with Crippen molar-refractivity contribution in [2.45, 2.75) is 32.4 Å². The monoisotopic (exact) mass is 511 g/mol. The standard InChI is InChI=1S/C32H24F3NO2/c1-4-36-27-11-9-18(14-25(27)31(2,3)26-17-21(32(33,34)35)10-12-28(26)36)13-24-29(37)22-15-19-7-5-6-8-20(19)16-23(22)30(24)38/h5-17H,4H2,1-3H3. The van der Waals surface area contributed by atoms with Crippen LogP contribution in [0.4, 0.5) is 24.5 Å². The van der Waals surface area contributed by atoms with Gasteiger partial charge in [0.2, 0.25) is 0 Å². The molecule has 0 N–H and O–H groups in total. The predicted molar refractivity (Wildman–Crippen MR) is 143 cm³/mol. The lowest BCUT2D eigenvalue weighted by atomic mass is 9.72. The third kappa shape index (κ3) is 3.51. The van der Waals surface area contributed by atoms with Crippen molar-refractivity contribution in [3.05, 3.63) is 112 Å². The van der Waals surface area contributed by atoms with Gasteiger partial charge >= 0.3 is 6.18 Å². The van der Waals surface area contributed by atoms with E-state index in [0.29, 0.717) is 28.8 Å². The molecule has 6 rings (SSSR count). The van der Waals surface area contributed by atoms with Gasteiger partial charge < -0.3 is 4.90 Å². The molecule has 1 aliphatic carbocycles. The molecule has 1 heterocycles. The molecule has 2 aliphatic rings. The van der Waals surface area contributed by atoms with Crippen LogP contribution in [0.5, 0.6) is 0 Å². The highest BCUT2D eigenvalue weighted by Gasteiger charge is 2.39. The molecule has 0 fully saturated rings. The number of anilines is 2. The number of carbonyl (C=O) groups is 2. The number of alkyl halides is 3. The van der Waals surface area contributed by atoms with E-state index in [4.69, 9.17) is 0 Å². The number of benzene rings is 4. The Hall–Kier alpha value is -4.19. The van der Waals surface area contributed by atoms with Gasteiger partial charge in [0.05, 0.1) is 11.1 Å². The molecule has 0 saturated carbocycles. The number of rotatable bonds is 2. The van der Waals surface area contributed by atoms with Crippen molar-refractivity contribution in [3.8, 4) is 0 Å². The second kappa shape index (κ2) is 8.15. The van der Waals surface area contributed by atoms with Crippen LogP contribution in [0.15, 0.2) is 78.4 Å². The summed E-state index contributed by atoms with van der Waals surface area (Å²) in [5, 5.41) is 1.78. The first-order chi connectivity index (χ1) is 18.0. The number of ketones is 2. The molecule has 6 heteroatoms. The molecule has 4 aromatic carbocycles. The lowest BCUT2D eigenvalue weighted by Crippen LogP contribution is -2.33. The fourth-order valence-corrected chi connectivity index (χ4v) is 5.75. The first-order valence-corrected chi connectivity index (χ1v) is 12.5. The maximum Gasteiger partial charge on any atom is 0.416 e. The number of fused-ring (bicyclic) bond motifs is 4. The third-order valence-corrected chi connectivity index (χ3v) is 7.76. The lowest BCUT2D eigenvalue weighted by Gasteiger charge is -2.42. The Kier molecular flexibility index (Phi) is 5.18. The SMILES string of the molecule is CCN1c2ccc(C=C3C(=O)c4cc5ccccc5cc4C3=O)cc2C(C)(C)c2cc(C(F)(F)F)ccc21. The van der Waals surface area contributed by atoms with E-state index < -0.39 is 17.2 Å². The number of nitrogens with zero attached hydrogens (tertiary/aromatic N) is 1. The van der Waals surface area contributed by atoms with Gasteiger partial charge in [-0.3, -0.25) is 9.59 Å². The van der Waals surface area contributed by atoms with Gasteiger partial charge in [0.25, 0.3) is 0 Å². The Morgan fingerprint density at radius 3 is 1.89 bits per heavy atom. The van der Waals surface area contributed by atoms with Gasteiger partial charge in [-0.1, -0.05) is 44.2 Å². The van der Waals surface area contributed by atoms with E-state index in [1.165, 1.54) is 6.07 Å². The first kappa shape index (κ1) is 24.2. The average molecular weight is 512 g/mol. The lowest BCUT2D eigenvalue weighted by molar-refractivity contribution is -0.137. The van der Waals surface area contributed by atoms with Crippen molar-refractivity contribution in [2.75, 3.05) is 11.4 Å². The Bertz CT molecular complexity index is 1660. The van der Waals surface area contributed by atoms with Crippen LogP contribution in [-0.4, -0.2) is 18.1 Å². The fraction of sp³-hybridized carbons (Fsp3) is 0.188. The number of hydrogen-bond acceptors (Lipinski definition) is 3. The molecular formula is C32H24F3NO2. The Morgan fingerprint density at radius 1 is 0.789 bits per heavy atom. The van der Waals surface area contributed by atoms with E-state index in [9.17, 15) is 22.8 Å². The molecular weight excluding hydrogens is 487 g/mol. The molecule has 0 atom stereocenters. The van der Waals surface area contributed by atoms with Crippen molar-refractivity contribution in [2.24, 2.45) is 0 Å². The number of carbonyl (C=O) groups excluding carboxylic acids is 2. The molecule has 1 aliphatic heterocycles. The minimum Gasteiger partial charge on any atom is -0.341 e. The Balaban J connectivity index is 1.46. The van der Waals surface area contributed by atoms with Gasteiger partial charge in [-0.25, -0.2) is 0 Å². The van der Waals surface area contributed by atoms with E-state index in [1.807, 2.05) is 68.1 Å². The van der Waals surface area contributed by atoms with Gasteiger partial charge in [0.15, 0.2) is 11.6 Å². The molecule has 0 aromatic heterocycles. The van der Waals surface area contributed by atoms with Crippen LogP contribution in [0, 0.1) is 0 Å². The van der Waals surface area contributed by atoms with Crippen LogP contribution < -0.4 is 4.90 Å². The fourth-order valence-electron chi connectivity index (χ4n) is 5.75. The molecule has 0 radical (unpaired) electrons. The van der Waals surface area contributed by atoms with Crippen LogP contribution in [0.25, 0.3) is 16.8 Å². The summed E-state index contributed by atoms with van der Waals surface area (Å²) in [4.78, 5) is 28.5. The number of halogens is 3. The van der Waals surface area contributed by atoms with Crippen LogP contribution in [0.3, 0.4) is 0 Å². The van der Waals surface area contributed by atoms with E-state index in [2.05, 4.69) is 0 Å². The largest absolute Gasteiger partial charge is 0.416 e. The average Bonchev–Trinajstić information content (AvgIpc) is 3.11. The van der Waals surface area contributed by atoms with Gasteiger partial charge in [-0.15, -0.1) is 0 Å². The van der Waals surface area contributed by atoms with Crippen LogP contribution >= 0.6 is 0 Å². The molecule has 0 unspecified atom stereocenters. The molecule has 38 heavy (non-hydrogen) atoms. The molecule has 0 bridgehead atoms. The summed E-state index contributed by atoms with van der Waals surface area (Å²) in [5.74, 6) is -0.633. The smallest absolute Gasteiger partial charge is 0.341 e. The normalized spacial score (nSPS) is 15.9. The Labute approximate surface area is 218 Å². The minimum absolute atomic E-state index is 0.0935. The maximum atomic E-state index is 13.6. The zero-order valence-electron chi connectivity index (χ0n) is 21.1. The molecule has 4 aromatic rings. The molecule has 0 saturated heterocycles. The summed E-state index contributed by atoms with van der Waals surface area (Å²) in [7, 11) is 0. The van der Waals surface area contributed by atoms with Crippen LogP contribution in [0.1, 0.15) is 63.7 Å². The molecule has 3 nitrogen and oxygen atoms in total.